The van der Waals surface area contributed by atoms with Crippen LogP contribution < -0.4 is 15.5 Å². The van der Waals surface area contributed by atoms with E-state index in [0.717, 1.165) is 31.9 Å². The van der Waals surface area contributed by atoms with Crippen molar-refractivity contribution in [1.82, 2.24) is 10.6 Å². The zero-order chi connectivity index (χ0) is 17.4. The Balaban J connectivity index is 0.00000312. The predicted molar refractivity (Wildman–Crippen MR) is 122 cm³/mol. The molecular formula is C19H29IN4S. The van der Waals surface area contributed by atoms with Crippen LogP contribution in [0.1, 0.15) is 22.2 Å². The van der Waals surface area contributed by atoms with Crippen LogP contribution in [-0.4, -0.2) is 33.6 Å². The molecule has 2 rings (SSSR count). The summed E-state index contributed by atoms with van der Waals surface area (Å²) in [4.78, 5) is 9.17. The van der Waals surface area contributed by atoms with E-state index in [-0.39, 0.29) is 24.0 Å². The first-order valence-electron chi connectivity index (χ1n) is 8.40. The van der Waals surface area contributed by atoms with E-state index in [1.54, 1.807) is 0 Å². The number of aryl methyl sites for hydroxylation is 1. The highest BCUT2D eigenvalue weighted by Crippen LogP contribution is 2.16. The SMILES string of the molecule is CCc1ccc(CNC(=NC)NCCc2ccc(N(C)C)cc2)s1.I. The standard InChI is InChI=1S/C19H28N4S.HI/c1-5-17-10-11-18(24-17)14-22-19(20-2)21-13-12-15-6-8-16(9-7-15)23(3)4;/h6-11H,5,12-14H2,1-4H3,(H2,20,21,22);1H. The highest BCUT2D eigenvalue weighted by Gasteiger charge is 2.02. The molecular weight excluding hydrogens is 443 g/mol. The topological polar surface area (TPSA) is 39.7 Å². The van der Waals surface area contributed by atoms with Crippen LogP contribution in [0, 0.1) is 0 Å². The van der Waals surface area contributed by atoms with E-state index in [1.165, 1.54) is 21.0 Å². The summed E-state index contributed by atoms with van der Waals surface area (Å²) in [6.45, 7) is 3.88. The summed E-state index contributed by atoms with van der Waals surface area (Å²) in [6.07, 6.45) is 2.08. The van der Waals surface area contributed by atoms with Gasteiger partial charge < -0.3 is 15.5 Å². The minimum absolute atomic E-state index is 0. The summed E-state index contributed by atoms with van der Waals surface area (Å²) in [6, 6.07) is 13.1. The van der Waals surface area contributed by atoms with Gasteiger partial charge in [0.05, 0.1) is 6.54 Å². The zero-order valence-corrected chi connectivity index (χ0v) is 18.7. The van der Waals surface area contributed by atoms with Crippen LogP contribution in [-0.2, 0) is 19.4 Å². The predicted octanol–water partition coefficient (Wildman–Crippen LogP) is 3.90. The molecule has 0 bridgehead atoms. The van der Waals surface area contributed by atoms with Crippen LogP contribution in [0.25, 0.3) is 0 Å². The number of benzene rings is 1. The molecule has 1 heterocycles. The van der Waals surface area contributed by atoms with Gasteiger partial charge in [-0.15, -0.1) is 35.3 Å². The third-order valence-electron chi connectivity index (χ3n) is 3.88. The van der Waals surface area contributed by atoms with E-state index >= 15 is 0 Å². The van der Waals surface area contributed by atoms with Gasteiger partial charge in [-0.25, -0.2) is 0 Å². The minimum Gasteiger partial charge on any atom is -0.378 e. The first-order valence-corrected chi connectivity index (χ1v) is 9.22. The van der Waals surface area contributed by atoms with Crippen molar-refractivity contribution in [1.29, 1.82) is 0 Å². The van der Waals surface area contributed by atoms with Gasteiger partial charge in [0.1, 0.15) is 0 Å². The molecule has 1 aromatic carbocycles. The van der Waals surface area contributed by atoms with Crippen LogP contribution in [0.5, 0.6) is 0 Å². The summed E-state index contributed by atoms with van der Waals surface area (Å²) in [5.74, 6) is 0.853. The number of guanidine groups is 1. The molecule has 2 N–H and O–H groups in total. The number of rotatable bonds is 7. The monoisotopic (exact) mass is 472 g/mol. The average molecular weight is 472 g/mol. The molecule has 0 spiro atoms. The molecule has 0 atom stereocenters. The highest BCUT2D eigenvalue weighted by molar-refractivity contribution is 14.0. The van der Waals surface area contributed by atoms with Crippen molar-refractivity contribution in [3.63, 3.8) is 0 Å². The molecule has 1 aromatic heterocycles. The summed E-state index contributed by atoms with van der Waals surface area (Å²) in [5, 5.41) is 6.76. The maximum absolute atomic E-state index is 4.29. The van der Waals surface area contributed by atoms with Gasteiger partial charge in [0.2, 0.25) is 0 Å². The molecule has 0 saturated carbocycles. The van der Waals surface area contributed by atoms with E-state index in [9.17, 15) is 0 Å². The second kappa shape index (κ2) is 11.4. The summed E-state index contributed by atoms with van der Waals surface area (Å²) >= 11 is 1.86. The quantitative estimate of drug-likeness (QED) is 0.365. The Hall–Kier alpha value is -1.28. The van der Waals surface area contributed by atoms with Crippen LogP contribution >= 0.6 is 35.3 Å². The Morgan fingerprint density at radius 1 is 1.04 bits per heavy atom. The normalized spacial score (nSPS) is 11.0. The second-order valence-electron chi connectivity index (χ2n) is 5.88. The molecule has 138 valence electrons. The molecule has 6 heteroatoms. The number of nitrogens with one attached hydrogen (secondary N) is 2. The zero-order valence-electron chi connectivity index (χ0n) is 15.5. The number of hydrogen-bond acceptors (Lipinski definition) is 3. The van der Waals surface area contributed by atoms with E-state index in [1.807, 2.05) is 18.4 Å². The number of halogens is 1. The van der Waals surface area contributed by atoms with Crippen LogP contribution in [0.4, 0.5) is 5.69 Å². The van der Waals surface area contributed by atoms with Crippen LogP contribution in [0.2, 0.25) is 0 Å². The maximum atomic E-state index is 4.29. The third kappa shape index (κ3) is 7.23. The fraction of sp³-hybridized carbons (Fsp3) is 0.421. The van der Waals surface area contributed by atoms with E-state index in [4.69, 9.17) is 0 Å². The molecule has 0 unspecified atom stereocenters. The van der Waals surface area contributed by atoms with Gasteiger partial charge in [-0.3, -0.25) is 4.99 Å². The first-order chi connectivity index (χ1) is 11.6. The summed E-state index contributed by atoms with van der Waals surface area (Å²) in [7, 11) is 5.93. The summed E-state index contributed by atoms with van der Waals surface area (Å²) < 4.78 is 0. The number of hydrogen-bond donors (Lipinski definition) is 2. The lowest BCUT2D eigenvalue weighted by Crippen LogP contribution is -2.37. The van der Waals surface area contributed by atoms with E-state index in [0.29, 0.717) is 0 Å². The lowest BCUT2D eigenvalue weighted by atomic mass is 10.1. The molecule has 0 aliphatic heterocycles. The smallest absolute Gasteiger partial charge is 0.191 e. The molecule has 0 radical (unpaired) electrons. The fourth-order valence-electron chi connectivity index (χ4n) is 2.38. The van der Waals surface area contributed by atoms with Gasteiger partial charge in [-0.2, -0.15) is 0 Å². The van der Waals surface area contributed by atoms with Crippen molar-refractivity contribution in [3.8, 4) is 0 Å². The van der Waals surface area contributed by atoms with Crippen LogP contribution in [0.3, 0.4) is 0 Å². The minimum atomic E-state index is 0. The molecule has 0 fully saturated rings. The fourth-order valence-corrected chi connectivity index (χ4v) is 3.28. The number of nitrogens with zero attached hydrogens (tertiary/aromatic N) is 2. The van der Waals surface area contributed by atoms with Gasteiger partial charge >= 0.3 is 0 Å². The number of anilines is 1. The molecule has 25 heavy (non-hydrogen) atoms. The van der Waals surface area contributed by atoms with Crippen LogP contribution in [0.15, 0.2) is 41.4 Å². The lowest BCUT2D eigenvalue weighted by molar-refractivity contribution is 0.799. The molecule has 2 aromatic rings. The Labute approximate surface area is 172 Å². The molecule has 4 nitrogen and oxygen atoms in total. The summed E-state index contributed by atoms with van der Waals surface area (Å²) in [5.41, 5.74) is 2.56. The van der Waals surface area contributed by atoms with Crippen molar-refractivity contribution in [2.75, 3.05) is 32.6 Å². The average Bonchev–Trinajstić information content (AvgIpc) is 3.06. The first kappa shape index (κ1) is 21.8. The second-order valence-corrected chi connectivity index (χ2v) is 7.14. The third-order valence-corrected chi connectivity index (χ3v) is 5.11. The molecule has 0 aliphatic rings. The van der Waals surface area contributed by atoms with Crippen molar-refractivity contribution in [2.45, 2.75) is 26.3 Å². The van der Waals surface area contributed by atoms with Gasteiger partial charge in [0.25, 0.3) is 0 Å². The van der Waals surface area contributed by atoms with Gasteiger partial charge in [-0.05, 0) is 42.7 Å². The van der Waals surface area contributed by atoms with E-state index < -0.39 is 0 Å². The highest BCUT2D eigenvalue weighted by atomic mass is 127. The van der Waals surface area contributed by atoms with Crippen molar-refractivity contribution >= 4 is 47.0 Å². The maximum Gasteiger partial charge on any atom is 0.191 e. The molecule has 0 aliphatic carbocycles. The van der Waals surface area contributed by atoms with E-state index in [2.05, 4.69) is 77.9 Å². The van der Waals surface area contributed by atoms with Gasteiger partial charge in [0, 0.05) is 43.1 Å². The largest absolute Gasteiger partial charge is 0.378 e. The van der Waals surface area contributed by atoms with Gasteiger partial charge in [-0.1, -0.05) is 19.1 Å². The Morgan fingerprint density at radius 2 is 1.72 bits per heavy atom. The molecule has 0 amide bonds. The number of aliphatic imine (C=N–C) groups is 1. The Morgan fingerprint density at radius 3 is 2.28 bits per heavy atom. The Bertz CT molecular complexity index is 650. The molecule has 0 saturated heterocycles. The Kier molecular flexibility index (Phi) is 9.89. The van der Waals surface area contributed by atoms with Crippen molar-refractivity contribution in [2.24, 2.45) is 4.99 Å². The lowest BCUT2D eigenvalue weighted by Gasteiger charge is -2.13. The van der Waals surface area contributed by atoms with Crippen molar-refractivity contribution in [3.05, 3.63) is 51.7 Å². The van der Waals surface area contributed by atoms with Crippen molar-refractivity contribution < 1.29 is 0 Å². The van der Waals surface area contributed by atoms with Gasteiger partial charge in [0.15, 0.2) is 5.96 Å². The number of thiophene rings is 1.